The van der Waals surface area contributed by atoms with Crippen molar-refractivity contribution in [2.75, 3.05) is 26.2 Å². The topological polar surface area (TPSA) is 50.1 Å². The zero-order chi connectivity index (χ0) is 17.9. The lowest BCUT2D eigenvalue weighted by atomic mass is 10.2. The summed E-state index contributed by atoms with van der Waals surface area (Å²) in [4.78, 5) is 7.57. The number of halogens is 2. The first-order chi connectivity index (χ1) is 12.7. The Morgan fingerprint density at radius 2 is 1.88 bits per heavy atom. The molecule has 2 aromatic heterocycles. The summed E-state index contributed by atoms with van der Waals surface area (Å²) in [6.45, 7) is 5.38. The van der Waals surface area contributed by atoms with Crippen molar-refractivity contribution in [2.24, 2.45) is 0 Å². The SMILES string of the molecule is Fc1cccc(-c2nnn(CN3CCN(Cc4ccc(Cl)s4)CC3)n2)c1. The number of aromatic nitrogens is 4. The van der Waals surface area contributed by atoms with E-state index >= 15 is 0 Å². The van der Waals surface area contributed by atoms with E-state index in [-0.39, 0.29) is 5.82 Å². The Morgan fingerprint density at radius 3 is 2.62 bits per heavy atom. The van der Waals surface area contributed by atoms with Crippen LogP contribution in [0.25, 0.3) is 11.4 Å². The molecule has 6 nitrogen and oxygen atoms in total. The second-order valence-electron chi connectivity index (χ2n) is 6.24. The second kappa shape index (κ2) is 7.79. The molecule has 136 valence electrons. The maximum atomic E-state index is 13.3. The average Bonchev–Trinajstić information content (AvgIpc) is 3.26. The molecule has 1 aromatic carbocycles. The lowest BCUT2D eigenvalue weighted by molar-refractivity contribution is 0.0936. The summed E-state index contributed by atoms with van der Waals surface area (Å²) in [6, 6.07) is 10.3. The predicted molar refractivity (Wildman–Crippen MR) is 99.4 cm³/mol. The fourth-order valence-electron chi connectivity index (χ4n) is 2.97. The fraction of sp³-hybridized carbons (Fsp3) is 0.353. The third kappa shape index (κ3) is 4.27. The first-order valence-electron chi connectivity index (χ1n) is 8.38. The first kappa shape index (κ1) is 17.5. The molecule has 3 aromatic rings. The number of piperazine rings is 1. The van der Waals surface area contributed by atoms with Crippen LogP contribution in [-0.4, -0.2) is 56.2 Å². The Balaban J connectivity index is 1.30. The number of nitrogens with zero attached hydrogens (tertiary/aromatic N) is 6. The van der Waals surface area contributed by atoms with Crippen molar-refractivity contribution in [1.29, 1.82) is 0 Å². The van der Waals surface area contributed by atoms with Gasteiger partial charge in [0, 0.05) is 43.2 Å². The van der Waals surface area contributed by atoms with Gasteiger partial charge in [0.25, 0.3) is 0 Å². The molecule has 0 radical (unpaired) electrons. The molecule has 0 bridgehead atoms. The van der Waals surface area contributed by atoms with Gasteiger partial charge in [-0.3, -0.25) is 9.80 Å². The first-order valence-corrected chi connectivity index (χ1v) is 9.58. The highest BCUT2D eigenvalue weighted by atomic mass is 35.5. The number of benzene rings is 1. The number of rotatable bonds is 5. The Labute approximate surface area is 159 Å². The molecule has 9 heteroatoms. The third-order valence-corrected chi connectivity index (χ3v) is 5.55. The molecule has 0 amide bonds. The minimum absolute atomic E-state index is 0.304. The van der Waals surface area contributed by atoms with Crippen LogP contribution in [0.2, 0.25) is 4.34 Å². The van der Waals surface area contributed by atoms with Gasteiger partial charge >= 0.3 is 0 Å². The Kier molecular flexibility index (Phi) is 5.26. The minimum atomic E-state index is -0.304. The minimum Gasteiger partial charge on any atom is -0.296 e. The average molecular weight is 393 g/mol. The van der Waals surface area contributed by atoms with Crippen molar-refractivity contribution in [2.45, 2.75) is 13.2 Å². The molecule has 0 aliphatic carbocycles. The Morgan fingerprint density at radius 1 is 1.08 bits per heavy atom. The van der Waals surface area contributed by atoms with E-state index in [9.17, 15) is 4.39 Å². The van der Waals surface area contributed by atoms with Crippen LogP contribution in [0, 0.1) is 5.82 Å². The van der Waals surface area contributed by atoms with Crippen molar-refractivity contribution in [3.63, 3.8) is 0 Å². The number of thiophene rings is 1. The molecule has 26 heavy (non-hydrogen) atoms. The van der Waals surface area contributed by atoms with Crippen LogP contribution >= 0.6 is 22.9 Å². The summed E-state index contributed by atoms with van der Waals surface area (Å²) < 4.78 is 14.2. The Bertz CT molecular complexity index is 874. The van der Waals surface area contributed by atoms with Gasteiger partial charge in [0.05, 0.1) is 4.34 Å². The highest BCUT2D eigenvalue weighted by Crippen LogP contribution is 2.23. The second-order valence-corrected chi connectivity index (χ2v) is 8.04. The summed E-state index contributed by atoms with van der Waals surface area (Å²) in [5.74, 6) is 0.139. The maximum Gasteiger partial charge on any atom is 0.205 e. The molecular weight excluding hydrogens is 375 g/mol. The molecule has 1 aliphatic heterocycles. The van der Waals surface area contributed by atoms with Crippen LogP contribution < -0.4 is 0 Å². The van der Waals surface area contributed by atoms with E-state index in [4.69, 9.17) is 11.6 Å². The third-order valence-electron chi connectivity index (χ3n) is 4.34. The van der Waals surface area contributed by atoms with E-state index in [0.717, 1.165) is 37.1 Å². The van der Waals surface area contributed by atoms with Crippen LogP contribution in [-0.2, 0) is 13.2 Å². The normalized spacial score (nSPS) is 16.2. The van der Waals surface area contributed by atoms with Gasteiger partial charge in [-0.1, -0.05) is 23.7 Å². The van der Waals surface area contributed by atoms with Crippen molar-refractivity contribution in [1.82, 2.24) is 30.0 Å². The summed E-state index contributed by atoms with van der Waals surface area (Å²) in [6.07, 6.45) is 0. The zero-order valence-electron chi connectivity index (χ0n) is 14.1. The van der Waals surface area contributed by atoms with Crippen molar-refractivity contribution in [3.8, 4) is 11.4 Å². The summed E-state index contributed by atoms with van der Waals surface area (Å²) in [7, 11) is 0. The highest BCUT2D eigenvalue weighted by Gasteiger charge is 2.18. The maximum absolute atomic E-state index is 13.3. The molecule has 0 spiro atoms. The monoisotopic (exact) mass is 392 g/mol. The van der Waals surface area contributed by atoms with Gasteiger partial charge < -0.3 is 0 Å². The van der Waals surface area contributed by atoms with Crippen molar-refractivity contribution in [3.05, 3.63) is 51.4 Å². The van der Waals surface area contributed by atoms with Gasteiger partial charge in [0.1, 0.15) is 12.5 Å². The van der Waals surface area contributed by atoms with Crippen molar-refractivity contribution >= 4 is 22.9 Å². The summed E-state index contributed by atoms with van der Waals surface area (Å²) in [5, 5.41) is 12.5. The molecule has 3 heterocycles. The van der Waals surface area contributed by atoms with E-state index in [1.807, 2.05) is 6.07 Å². The van der Waals surface area contributed by atoms with E-state index in [1.165, 1.54) is 17.0 Å². The molecule has 1 saturated heterocycles. The van der Waals surface area contributed by atoms with Gasteiger partial charge in [-0.05, 0) is 29.5 Å². The summed E-state index contributed by atoms with van der Waals surface area (Å²) in [5.41, 5.74) is 0.635. The van der Waals surface area contributed by atoms with Crippen LogP contribution in [0.3, 0.4) is 0 Å². The van der Waals surface area contributed by atoms with Gasteiger partial charge in [0.15, 0.2) is 0 Å². The number of hydrogen-bond donors (Lipinski definition) is 0. The number of hydrogen-bond acceptors (Lipinski definition) is 6. The summed E-state index contributed by atoms with van der Waals surface area (Å²) >= 11 is 7.63. The molecule has 0 unspecified atom stereocenters. The van der Waals surface area contributed by atoms with Gasteiger partial charge in [0.2, 0.25) is 5.82 Å². The largest absolute Gasteiger partial charge is 0.296 e. The molecule has 4 rings (SSSR count). The lowest BCUT2D eigenvalue weighted by Crippen LogP contribution is -2.46. The smallest absolute Gasteiger partial charge is 0.205 e. The van der Waals surface area contributed by atoms with Crippen LogP contribution in [0.5, 0.6) is 0 Å². The van der Waals surface area contributed by atoms with E-state index in [1.54, 1.807) is 28.3 Å². The van der Waals surface area contributed by atoms with Crippen LogP contribution in [0.15, 0.2) is 36.4 Å². The molecule has 1 fully saturated rings. The quantitative estimate of drug-likeness (QED) is 0.668. The van der Waals surface area contributed by atoms with E-state index < -0.39 is 0 Å². The van der Waals surface area contributed by atoms with Gasteiger partial charge in [-0.15, -0.1) is 26.3 Å². The van der Waals surface area contributed by atoms with E-state index in [2.05, 4.69) is 31.3 Å². The molecular formula is C17H18ClFN6S. The van der Waals surface area contributed by atoms with Gasteiger partial charge in [-0.25, -0.2) is 4.39 Å². The van der Waals surface area contributed by atoms with Gasteiger partial charge in [-0.2, -0.15) is 0 Å². The number of tetrazole rings is 1. The highest BCUT2D eigenvalue weighted by molar-refractivity contribution is 7.16. The fourth-order valence-corrected chi connectivity index (χ4v) is 4.10. The molecule has 0 saturated carbocycles. The van der Waals surface area contributed by atoms with Crippen LogP contribution in [0.1, 0.15) is 4.88 Å². The molecule has 1 aliphatic rings. The predicted octanol–water partition coefficient (Wildman–Crippen LogP) is 2.97. The lowest BCUT2D eigenvalue weighted by Gasteiger charge is -2.33. The van der Waals surface area contributed by atoms with Crippen LogP contribution in [0.4, 0.5) is 4.39 Å². The zero-order valence-corrected chi connectivity index (χ0v) is 15.6. The van der Waals surface area contributed by atoms with E-state index in [0.29, 0.717) is 18.1 Å². The standard InChI is InChI=1S/C17H18ClFN6S/c18-16-5-4-15(26-16)11-23-6-8-24(9-7-23)12-25-21-17(20-22-25)13-2-1-3-14(19)10-13/h1-5,10H,6-9,11-12H2. The molecule has 0 N–H and O–H groups in total. The Hall–Kier alpha value is -1.87. The van der Waals surface area contributed by atoms with Crippen molar-refractivity contribution < 1.29 is 4.39 Å². The molecule has 0 atom stereocenters.